The van der Waals surface area contributed by atoms with Crippen molar-refractivity contribution >= 4 is 22.6 Å². The highest BCUT2D eigenvalue weighted by Crippen LogP contribution is 2.24. The minimum atomic E-state index is 0.748. The van der Waals surface area contributed by atoms with Crippen LogP contribution in [0.2, 0.25) is 0 Å². The van der Waals surface area contributed by atoms with Crippen molar-refractivity contribution in [3.63, 3.8) is 0 Å². The van der Waals surface area contributed by atoms with E-state index in [1.165, 1.54) is 14.8 Å². The second-order valence-electron chi connectivity index (χ2n) is 5.00. The molecule has 108 valence electrons. The predicted octanol–water partition coefficient (Wildman–Crippen LogP) is 3.73. The van der Waals surface area contributed by atoms with E-state index in [0.29, 0.717) is 0 Å². The van der Waals surface area contributed by atoms with Crippen LogP contribution in [0.25, 0.3) is 11.1 Å². The van der Waals surface area contributed by atoms with Gasteiger partial charge in [0.1, 0.15) is 0 Å². The Balaban J connectivity index is 1.87. The summed E-state index contributed by atoms with van der Waals surface area (Å²) in [5, 5.41) is 8.96. The second kappa shape index (κ2) is 6.01. The largest absolute Gasteiger partial charge is 0.268 e. The minimum Gasteiger partial charge on any atom is -0.268 e. The monoisotopic (exact) mass is 392 g/mol. The van der Waals surface area contributed by atoms with E-state index in [9.17, 15) is 0 Å². The predicted molar refractivity (Wildman–Crippen MR) is 92.1 cm³/mol. The van der Waals surface area contributed by atoms with Crippen LogP contribution in [-0.2, 0) is 13.1 Å². The van der Waals surface area contributed by atoms with E-state index in [4.69, 9.17) is 0 Å². The van der Waals surface area contributed by atoms with Crippen LogP contribution >= 0.6 is 22.6 Å². The number of rotatable bonds is 4. The van der Waals surface area contributed by atoms with Crippen molar-refractivity contribution in [3.8, 4) is 11.1 Å². The van der Waals surface area contributed by atoms with Crippen LogP contribution in [0.3, 0.4) is 0 Å². The number of nitrogens with zero attached hydrogens (tertiary/aromatic N) is 4. The Bertz CT molecular complexity index is 757. The third-order valence-electron chi connectivity index (χ3n) is 3.43. The summed E-state index contributed by atoms with van der Waals surface area (Å²) in [6.07, 6.45) is 4.02. The summed E-state index contributed by atoms with van der Waals surface area (Å²) in [7, 11) is 0. The molecule has 0 N–H and O–H groups in total. The molecule has 0 aliphatic heterocycles. The smallest absolute Gasteiger partial charge is 0.0828 e. The van der Waals surface area contributed by atoms with E-state index in [1.54, 1.807) is 0 Å². The molecule has 0 saturated heterocycles. The first-order valence-corrected chi connectivity index (χ1v) is 8.06. The van der Waals surface area contributed by atoms with E-state index in [2.05, 4.69) is 76.2 Å². The second-order valence-corrected chi connectivity index (χ2v) is 6.16. The molecule has 5 heteroatoms. The highest BCUT2D eigenvalue weighted by atomic mass is 127. The highest BCUT2D eigenvalue weighted by molar-refractivity contribution is 14.1. The fraction of sp³-hybridized carbons (Fsp3) is 0.250. The van der Waals surface area contributed by atoms with Gasteiger partial charge in [-0.2, -0.15) is 10.2 Å². The molecule has 4 nitrogen and oxygen atoms in total. The molecular weight excluding hydrogens is 375 g/mol. The van der Waals surface area contributed by atoms with E-state index in [1.807, 2.05) is 22.5 Å². The van der Waals surface area contributed by atoms with Gasteiger partial charge in [0.15, 0.2) is 0 Å². The molecule has 0 bridgehead atoms. The average molecular weight is 392 g/mol. The Morgan fingerprint density at radius 3 is 2.81 bits per heavy atom. The van der Waals surface area contributed by atoms with Crippen molar-refractivity contribution in [3.05, 3.63) is 57.7 Å². The first kappa shape index (κ1) is 14.3. The number of hydrogen-bond donors (Lipinski definition) is 0. The van der Waals surface area contributed by atoms with Gasteiger partial charge < -0.3 is 0 Å². The zero-order valence-corrected chi connectivity index (χ0v) is 14.3. The standard InChI is InChI=1S/C16H17IN4/c1-3-21-14(8-12(2)19-21)11-20-10-13(9-18-20)15-6-4-5-7-16(15)17/h4-10H,3,11H2,1-2H3. The molecule has 0 aliphatic carbocycles. The maximum absolute atomic E-state index is 4.49. The number of aromatic nitrogens is 4. The molecule has 3 rings (SSSR count). The van der Waals surface area contributed by atoms with Crippen molar-refractivity contribution in [2.45, 2.75) is 26.9 Å². The fourth-order valence-corrected chi connectivity index (χ4v) is 3.15. The molecule has 0 fully saturated rings. The zero-order valence-electron chi connectivity index (χ0n) is 12.1. The normalized spacial score (nSPS) is 11.0. The number of hydrogen-bond acceptors (Lipinski definition) is 2. The van der Waals surface area contributed by atoms with Crippen LogP contribution in [0.1, 0.15) is 18.3 Å². The van der Waals surface area contributed by atoms with Crippen LogP contribution in [0.15, 0.2) is 42.7 Å². The molecule has 0 saturated carbocycles. The van der Waals surface area contributed by atoms with Crippen molar-refractivity contribution in [1.82, 2.24) is 19.6 Å². The summed E-state index contributed by atoms with van der Waals surface area (Å²) in [6.45, 7) is 5.76. The van der Waals surface area contributed by atoms with Crippen molar-refractivity contribution in [1.29, 1.82) is 0 Å². The minimum absolute atomic E-state index is 0.748. The molecule has 0 spiro atoms. The molecule has 0 amide bonds. The zero-order chi connectivity index (χ0) is 14.8. The van der Waals surface area contributed by atoms with Gasteiger partial charge >= 0.3 is 0 Å². The quantitative estimate of drug-likeness (QED) is 0.635. The first-order chi connectivity index (χ1) is 10.2. The van der Waals surface area contributed by atoms with Crippen LogP contribution < -0.4 is 0 Å². The Morgan fingerprint density at radius 1 is 1.24 bits per heavy atom. The van der Waals surface area contributed by atoms with Crippen molar-refractivity contribution in [2.75, 3.05) is 0 Å². The summed E-state index contributed by atoms with van der Waals surface area (Å²) < 4.78 is 5.24. The molecular formula is C16H17IN4. The van der Waals surface area contributed by atoms with E-state index < -0.39 is 0 Å². The number of benzene rings is 1. The number of halogens is 1. The van der Waals surface area contributed by atoms with E-state index in [0.717, 1.165) is 24.3 Å². The van der Waals surface area contributed by atoms with Crippen molar-refractivity contribution < 1.29 is 0 Å². The summed E-state index contributed by atoms with van der Waals surface area (Å²) in [6, 6.07) is 10.5. The summed E-state index contributed by atoms with van der Waals surface area (Å²) in [5.41, 5.74) is 4.62. The lowest BCUT2D eigenvalue weighted by molar-refractivity contribution is 0.575. The maximum atomic E-state index is 4.49. The molecule has 1 aromatic carbocycles. The van der Waals surface area contributed by atoms with Crippen LogP contribution in [0.4, 0.5) is 0 Å². The molecule has 0 unspecified atom stereocenters. The molecule has 2 heterocycles. The molecule has 21 heavy (non-hydrogen) atoms. The van der Waals surface area contributed by atoms with Gasteiger partial charge in [-0.05, 0) is 54.1 Å². The van der Waals surface area contributed by atoms with Gasteiger partial charge in [0.05, 0.1) is 24.1 Å². The van der Waals surface area contributed by atoms with Gasteiger partial charge in [-0.3, -0.25) is 9.36 Å². The van der Waals surface area contributed by atoms with Crippen LogP contribution in [0, 0.1) is 10.5 Å². The Morgan fingerprint density at radius 2 is 2.05 bits per heavy atom. The molecule has 0 radical (unpaired) electrons. The van der Waals surface area contributed by atoms with Gasteiger partial charge in [0.2, 0.25) is 0 Å². The van der Waals surface area contributed by atoms with Crippen molar-refractivity contribution in [2.24, 2.45) is 0 Å². The lowest BCUT2D eigenvalue weighted by Gasteiger charge is -2.04. The summed E-state index contributed by atoms with van der Waals surface area (Å²) >= 11 is 2.36. The average Bonchev–Trinajstić information content (AvgIpc) is 3.06. The first-order valence-electron chi connectivity index (χ1n) is 6.98. The fourth-order valence-electron chi connectivity index (χ4n) is 2.45. The Kier molecular flexibility index (Phi) is 4.10. The SMILES string of the molecule is CCn1nc(C)cc1Cn1cc(-c2ccccc2I)cn1. The molecule has 2 aromatic heterocycles. The maximum Gasteiger partial charge on any atom is 0.0828 e. The van der Waals surface area contributed by atoms with Crippen LogP contribution in [-0.4, -0.2) is 19.6 Å². The Labute approximate surface area is 137 Å². The van der Waals surface area contributed by atoms with E-state index in [-0.39, 0.29) is 0 Å². The summed E-state index contributed by atoms with van der Waals surface area (Å²) in [5.74, 6) is 0. The molecule has 0 atom stereocenters. The lowest BCUT2D eigenvalue weighted by atomic mass is 10.1. The van der Waals surface area contributed by atoms with Gasteiger partial charge in [-0.15, -0.1) is 0 Å². The highest BCUT2D eigenvalue weighted by Gasteiger charge is 2.08. The third kappa shape index (κ3) is 3.02. The van der Waals surface area contributed by atoms with Gasteiger partial charge in [-0.1, -0.05) is 18.2 Å². The van der Waals surface area contributed by atoms with Gasteiger partial charge in [-0.25, -0.2) is 0 Å². The molecule has 3 aromatic rings. The third-order valence-corrected chi connectivity index (χ3v) is 4.37. The topological polar surface area (TPSA) is 35.6 Å². The lowest BCUT2D eigenvalue weighted by Crippen LogP contribution is -2.08. The Hall–Kier alpha value is -1.63. The van der Waals surface area contributed by atoms with E-state index >= 15 is 0 Å². The van der Waals surface area contributed by atoms with Gasteiger partial charge in [0.25, 0.3) is 0 Å². The van der Waals surface area contributed by atoms with Gasteiger partial charge in [0, 0.05) is 21.9 Å². The molecule has 0 aliphatic rings. The number of aryl methyl sites for hydroxylation is 2. The summed E-state index contributed by atoms with van der Waals surface area (Å²) in [4.78, 5) is 0. The van der Waals surface area contributed by atoms with Crippen LogP contribution in [0.5, 0.6) is 0 Å².